The predicted octanol–water partition coefficient (Wildman–Crippen LogP) is 3.63. The minimum absolute atomic E-state index is 0.139. The van der Waals surface area contributed by atoms with Crippen LogP contribution in [0.15, 0.2) is 59.2 Å². The summed E-state index contributed by atoms with van der Waals surface area (Å²) in [7, 11) is 0. The van der Waals surface area contributed by atoms with Crippen LogP contribution in [0.4, 0.5) is 0 Å². The summed E-state index contributed by atoms with van der Waals surface area (Å²) in [4.78, 5) is 0. The minimum Gasteiger partial charge on any atom is -0.463 e. The first-order valence-electron chi connectivity index (χ1n) is 6.05. The maximum atomic E-state index is 9.06. The molecule has 3 rings (SSSR count). The molecule has 90 valence electrons. The molecular weight excluding hydrogens is 224 g/mol. The Morgan fingerprint density at radius 1 is 0.944 bits per heavy atom. The molecular formula is C16H14O2. The van der Waals surface area contributed by atoms with E-state index < -0.39 is 0 Å². The molecule has 0 aliphatic carbocycles. The first-order valence-corrected chi connectivity index (χ1v) is 6.05. The van der Waals surface area contributed by atoms with Crippen molar-refractivity contribution in [3.8, 4) is 11.1 Å². The Hall–Kier alpha value is -2.06. The van der Waals surface area contributed by atoms with Gasteiger partial charge in [-0.2, -0.15) is 0 Å². The minimum atomic E-state index is 0.139. The van der Waals surface area contributed by atoms with E-state index in [2.05, 4.69) is 18.2 Å². The Bertz CT molecular complexity index is 653. The van der Waals surface area contributed by atoms with Gasteiger partial charge in [-0.25, -0.2) is 0 Å². The van der Waals surface area contributed by atoms with Gasteiger partial charge in [0, 0.05) is 17.6 Å². The van der Waals surface area contributed by atoms with Gasteiger partial charge in [-0.15, -0.1) is 0 Å². The summed E-state index contributed by atoms with van der Waals surface area (Å²) < 4.78 is 5.68. The maximum Gasteiger partial charge on any atom is 0.137 e. The number of fused-ring (bicyclic) bond motifs is 1. The third-order valence-electron chi connectivity index (χ3n) is 3.15. The molecule has 0 saturated carbocycles. The number of aliphatic hydroxyl groups excluding tert-OH is 1. The molecule has 18 heavy (non-hydrogen) atoms. The molecule has 0 spiro atoms. The van der Waals surface area contributed by atoms with Crippen LogP contribution in [0.5, 0.6) is 0 Å². The molecule has 0 amide bonds. The Labute approximate surface area is 105 Å². The second-order valence-electron chi connectivity index (χ2n) is 4.28. The van der Waals surface area contributed by atoms with Crippen LogP contribution in [0.25, 0.3) is 22.1 Å². The van der Waals surface area contributed by atoms with Crippen LogP contribution in [0.3, 0.4) is 0 Å². The highest BCUT2D eigenvalue weighted by Gasteiger charge is 2.10. The van der Waals surface area contributed by atoms with Gasteiger partial charge in [0.15, 0.2) is 0 Å². The van der Waals surface area contributed by atoms with Crippen molar-refractivity contribution in [1.82, 2.24) is 0 Å². The summed E-state index contributed by atoms with van der Waals surface area (Å²) >= 11 is 0. The molecule has 0 saturated heterocycles. The van der Waals surface area contributed by atoms with E-state index in [4.69, 9.17) is 9.52 Å². The Balaban J connectivity index is 2.18. The third kappa shape index (κ3) is 1.81. The quantitative estimate of drug-likeness (QED) is 0.755. The average molecular weight is 238 g/mol. The topological polar surface area (TPSA) is 33.4 Å². The van der Waals surface area contributed by atoms with E-state index in [1.165, 1.54) is 0 Å². The molecule has 2 nitrogen and oxygen atoms in total. The SMILES string of the molecule is OCCc1cccc2c(-c3ccccc3)coc12. The molecule has 3 aromatic rings. The van der Waals surface area contributed by atoms with Crippen LogP contribution >= 0.6 is 0 Å². The van der Waals surface area contributed by atoms with Gasteiger partial charge in [-0.3, -0.25) is 0 Å². The third-order valence-corrected chi connectivity index (χ3v) is 3.15. The molecule has 1 N–H and O–H groups in total. The molecule has 0 fully saturated rings. The van der Waals surface area contributed by atoms with Crippen LogP contribution < -0.4 is 0 Å². The van der Waals surface area contributed by atoms with Crippen LogP contribution in [0.1, 0.15) is 5.56 Å². The fraction of sp³-hybridized carbons (Fsp3) is 0.125. The van der Waals surface area contributed by atoms with Gasteiger partial charge in [0.2, 0.25) is 0 Å². The van der Waals surface area contributed by atoms with Crippen molar-refractivity contribution in [3.05, 3.63) is 60.4 Å². The Morgan fingerprint density at radius 3 is 2.56 bits per heavy atom. The summed E-state index contributed by atoms with van der Waals surface area (Å²) in [5, 5.41) is 10.2. The highest BCUT2D eigenvalue weighted by atomic mass is 16.3. The summed E-state index contributed by atoms with van der Waals surface area (Å²) in [6, 6.07) is 16.3. The first kappa shape index (κ1) is 11.1. The lowest BCUT2D eigenvalue weighted by Crippen LogP contribution is -1.90. The molecule has 0 radical (unpaired) electrons. The van der Waals surface area contributed by atoms with Crippen molar-refractivity contribution in [2.75, 3.05) is 6.61 Å². The zero-order valence-electron chi connectivity index (χ0n) is 9.97. The van der Waals surface area contributed by atoms with Crippen molar-refractivity contribution in [1.29, 1.82) is 0 Å². The van der Waals surface area contributed by atoms with Gasteiger partial charge >= 0.3 is 0 Å². The summed E-state index contributed by atoms with van der Waals surface area (Å²) in [5.74, 6) is 0. The summed E-state index contributed by atoms with van der Waals surface area (Å²) in [6.07, 6.45) is 2.42. The summed E-state index contributed by atoms with van der Waals surface area (Å²) in [6.45, 7) is 0.139. The number of hydrogen-bond acceptors (Lipinski definition) is 2. The van der Waals surface area contributed by atoms with Crippen molar-refractivity contribution in [2.45, 2.75) is 6.42 Å². The Kier molecular flexibility index (Phi) is 2.87. The van der Waals surface area contributed by atoms with Crippen LogP contribution in [0, 0.1) is 0 Å². The maximum absolute atomic E-state index is 9.06. The van der Waals surface area contributed by atoms with Crippen LogP contribution in [-0.2, 0) is 6.42 Å². The molecule has 2 aromatic carbocycles. The van der Waals surface area contributed by atoms with E-state index >= 15 is 0 Å². The normalized spacial score (nSPS) is 10.9. The number of rotatable bonds is 3. The van der Waals surface area contributed by atoms with Crippen LogP contribution in [-0.4, -0.2) is 11.7 Å². The van der Waals surface area contributed by atoms with Gasteiger partial charge < -0.3 is 9.52 Å². The van der Waals surface area contributed by atoms with Gasteiger partial charge in [-0.05, 0) is 17.5 Å². The lowest BCUT2D eigenvalue weighted by atomic mass is 10.0. The lowest BCUT2D eigenvalue weighted by Gasteiger charge is -2.00. The highest BCUT2D eigenvalue weighted by Crippen LogP contribution is 2.32. The average Bonchev–Trinajstić information content (AvgIpc) is 2.85. The molecule has 0 aliphatic heterocycles. The number of benzene rings is 2. The smallest absolute Gasteiger partial charge is 0.137 e. The monoisotopic (exact) mass is 238 g/mol. The van der Waals surface area contributed by atoms with E-state index in [0.717, 1.165) is 27.7 Å². The van der Waals surface area contributed by atoms with E-state index in [9.17, 15) is 0 Å². The van der Waals surface area contributed by atoms with Crippen molar-refractivity contribution in [3.63, 3.8) is 0 Å². The molecule has 0 bridgehead atoms. The molecule has 2 heteroatoms. The van der Waals surface area contributed by atoms with Crippen molar-refractivity contribution in [2.24, 2.45) is 0 Å². The number of para-hydroxylation sites is 1. The van der Waals surface area contributed by atoms with Crippen LogP contribution in [0.2, 0.25) is 0 Å². The number of furan rings is 1. The second-order valence-corrected chi connectivity index (χ2v) is 4.28. The van der Waals surface area contributed by atoms with E-state index in [-0.39, 0.29) is 6.61 Å². The van der Waals surface area contributed by atoms with Gasteiger partial charge in [0.25, 0.3) is 0 Å². The number of aliphatic hydroxyl groups is 1. The van der Waals surface area contributed by atoms with E-state index in [1.54, 1.807) is 6.26 Å². The van der Waals surface area contributed by atoms with Crippen molar-refractivity contribution >= 4 is 11.0 Å². The van der Waals surface area contributed by atoms with Gasteiger partial charge in [0.1, 0.15) is 5.58 Å². The second kappa shape index (κ2) is 4.67. The molecule has 1 heterocycles. The fourth-order valence-corrected chi connectivity index (χ4v) is 2.28. The predicted molar refractivity (Wildman–Crippen MR) is 72.4 cm³/mol. The molecule has 1 aromatic heterocycles. The van der Waals surface area contributed by atoms with Gasteiger partial charge in [-0.1, -0.05) is 48.5 Å². The zero-order chi connectivity index (χ0) is 12.4. The van der Waals surface area contributed by atoms with Crippen molar-refractivity contribution < 1.29 is 9.52 Å². The molecule has 0 aliphatic rings. The standard InChI is InChI=1S/C16H14O2/c17-10-9-13-7-4-8-14-15(11-18-16(13)14)12-5-2-1-3-6-12/h1-8,11,17H,9-10H2. The first-order chi connectivity index (χ1) is 8.90. The zero-order valence-corrected chi connectivity index (χ0v) is 9.97. The Morgan fingerprint density at radius 2 is 1.78 bits per heavy atom. The number of hydrogen-bond donors (Lipinski definition) is 1. The molecule has 0 atom stereocenters. The summed E-state index contributed by atoms with van der Waals surface area (Å²) in [5.41, 5.74) is 4.19. The lowest BCUT2D eigenvalue weighted by molar-refractivity contribution is 0.299. The van der Waals surface area contributed by atoms with E-state index in [1.807, 2.05) is 30.3 Å². The largest absolute Gasteiger partial charge is 0.463 e. The fourth-order valence-electron chi connectivity index (χ4n) is 2.28. The highest BCUT2D eigenvalue weighted by molar-refractivity contribution is 5.95. The molecule has 0 unspecified atom stereocenters. The van der Waals surface area contributed by atoms with Gasteiger partial charge in [0.05, 0.1) is 6.26 Å². The van der Waals surface area contributed by atoms with E-state index in [0.29, 0.717) is 6.42 Å².